The summed E-state index contributed by atoms with van der Waals surface area (Å²) in [6.07, 6.45) is 0. The molecule has 2 heterocycles. The lowest BCUT2D eigenvalue weighted by Crippen LogP contribution is -2.49. The number of hydrogen-bond acceptors (Lipinski definition) is 4. The van der Waals surface area contributed by atoms with Crippen molar-refractivity contribution >= 4 is 23.6 Å². The predicted octanol–water partition coefficient (Wildman–Crippen LogP) is 3.13. The Morgan fingerprint density at radius 1 is 1.13 bits per heavy atom. The second-order valence-electron chi connectivity index (χ2n) is 7.68. The predicted molar refractivity (Wildman–Crippen MR) is 112 cm³/mol. The van der Waals surface area contributed by atoms with Gasteiger partial charge in [0, 0.05) is 5.69 Å². The van der Waals surface area contributed by atoms with Crippen LogP contribution >= 0.6 is 0 Å². The fourth-order valence-electron chi connectivity index (χ4n) is 3.85. The normalized spacial score (nSPS) is 18.1. The van der Waals surface area contributed by atoms with Gasteiger partial charge < -0.3 is 15.4 Å². The lowest BCUT2D eigenvalue weighted by Gasteiger charge is -2.33. The largest absolute Gasteiger partial charge is 0.456 e. The minimum Gasteiger partial charge on any atom is -0.456 e. The molecule has 0 bridgehead atoms. The average molecular weight is 405 g/mol. The molecule has 3 amide bonds. The van der Waals surface area contributed by atoms with Crippen LogP contribution in [0, 0.1) is 20.8 Å². The molecule has 2 aromatic rings. The lowest BCUT2D eigenvalue weighted by atomic mass is 9.91. The molecule has 0 saturated heterocycles. The Hall–Kier alpha value is -3.61. The molecule has 2 aromatic carbocycles. The van der Waals surface area contributed by atoms with Crippen LogP contribution in [0.25, 0.3) is 0 Å². The summed E-state index contributed by atoms with van der Waals surface area (Å²) in [4.78, 5) is 39.3. The Morgan fingerprint density at radius 3 is 2.67 bits per heavy atom. The number of nitrogens with zero attached hydrogens (tertiary/aromatic N) is 1. The number of ether oxygens (including phenoxy) is 1. The zero-order chi connectivity index (χ0) is 21.4. The highest BCUT2D eigenvalue weighted by Crippen LogP contribution is 2.36. The number of aryl methyl sites for hydroxylation is 3. The standard InChI is InChI=1S/C23H23N3O4/c1-13-5-4-6-16(9-13)24-19(27)11-26-18-12-30-22(28)20(18)21(25-23(26)29)17-10-14(2)7-8-15(17)3/h4-10,21H,11-12H2,1-3H3,(H,24,27)(H,25,29). The van der Waals surface area contributed by atoms with Crippen LogP contribution in [0.1, 0.15) is 28.3 Å². The molecule has 0 aromatic heterocycles. The molecule has 7 nitrogen and oxygen atoms in total. The lowest BCUT2D eigenvalue weighted by molar-refractivity contribution is -0.136. The van der Waals surface area contributed by atoms with Gasteiger partial charge in [-0.15, -0.1) is 0 Å². The van der Waals surface area contributed by atoms with Crippen LogP contribution in [-0.2, 0) is 14.3 Å². The number of urea groups is 1. The zero-order valence-electron chi connectivity index (χ0n) is 17.1. The minimum atomic E-state index is -0.599. The van der Waals surface area contributed by atoms with Crippen molar-refractivity contribution in [1.29, 1.82) is 0 Å². The van der Waals surface area contributed by atoms with E-state index < -0.39 is 18.0 Å². The number of carbonyl (C=O) groups is 3. The molecule has 7 heteroatoms. The topological polar surface area (TPSA) is 87.7 Å². The van der Waals surface area contributed by atoms with Crippen molar-refractivity contribution in [2.45, 2.75) is 26.8 Å². The third kappa shape index (κ3) is 3.66. The summed E-state index contributed by atoms with van der Waals surface area (Å²) < 4.78 is 5.24. The Bertz CT molecular complexity index is 1090. The van der Waals surface area contributed by atoms with Crippen molar-refractivity contribution in [2.24, 2.45) is 0 Å². The fourth-order valence-corrected chi connectivity index (χ4v) is 3.85. The first kappa shape index (κ1) is 19.7. The van der Waals surface area contributed by atoms with Gasteiger partial charge in [-0.05, 0) is 49.6 Å². The van der Waals surface area contributed by atoms with Crippen molar-refractivity contribution in [3.05, 3.63) is 76.0 Å². The van der Waals surface area contributed by atoms with Crippen LogP contribution in [0.3, 0.4) is 0 Å². The van der Waals surface area contributed by atoms with E-state index in [1.54, 1.807) is 6.07 Å². The van der Waals surface area contributed by atoms with Gasteiger partial charge >= 0.3 is 12.0 Å². The van der Waals surface area contributed by atoms with Gasteiger partial charge in [0.25, 0.3) is 0 Å². The summed E-state index contributed by atoms with van der Waals surface area (Å²) in [7, 11) is 0. The highest BCUT2D eigenvalue weighted by atomic mass is 16.5. The van der Waals surface area contributed by atoms with Crippen LogP contribution in [0.15, 0.2) is 53.7 Å². The first-order chi connectivity index (χ1) is 14.3. The number of esters is 1. The second kappa shape index (κ2) is 7.67. The molecule has 2 aliphatic rings. The van der Waals surface area contributed by atoms with Gasteiger partial charge in [-0.3, -0.25) is 9.69 Å². The van der Waals surface area contributed by atoms with E-state index in [2.05, 4.69) is 10.6 Å². The minimum absolute atomic E-state index is 0.0271. The van der Waals surface area contributed by atoms with E-state index in [1.807, 2.05) is 57.2 Å². The first-order valence-corrected chi connectivity index (χ1v) is 9.75. The summed E-state index contributed by atoms with van der Waals surface area (Å²) >= 11 is 0. The molecule has 30 heavy (non-hydrogen) atoms. The molecule has 154 valence electrons. The SMILES string of the molecule is Cc1cccc(NC(=O)CN2C(=O)NC(c3cc(C)ccc3C)C3=C2COC3=O)c1. The van der Waals surface area contributed by atoms with Crippen molar-refractivity contribution in [3.63, 3.8) is 0 Å². The van der Waals surface area contributed by atoms with Crippen LogP contribution in [0.5, 0.6) is 0 Å². The van der Waals surface area contributed by atoms with Crippen LogP contribution in [0.2, 0.25) is 0 Å². The van der Waals surface area contributed by atoms with E-state index in [0.29, 0.717) is 17.0 Å². The number of cyclic esters (lactones) is 1. The van der Waals surface area contributed by atoms with E-state index in [-0.39, 0.29) is 19.1 Å². The molecule has 2 N–H and O–H groups in total. The Labute approximate surface area is 174 Å². The fraction of sp³-hybridized carbons (Fsp3) is 0.261. The summed E-state index contributed by atoms with van der Waals surface area (Å²) in [5, 5.41) is 5.67. The number of amides is 3. The molecule has 1 atom stereocenters. The van der Waals surface area contributed by atoms with Gasteiger partial charge in [0.15, 0.2) is 0 Å². The molecule has 0 radical (unpaired) electrons. The molecule has 4 rings (SSSR count). The van der Waals surface area contributed by atoms with Crippen molar-refractivity contribution in [3.8, 4) is 0 Å². The third-order valence-corrected chi connectivity index (χ3v) is 5.35. The quantitative estimate of drug-likeness (QED) is 0.765. The highest BCUT2D eigenvalue weighted by molar-refractivity contribution is 6.00. The Morgan fingerprint density at radius 2 is 1.90 bits per heavy atom. The van der Waals surface area contributed by atoms with Gasteiger partial charge in [0.2, 0.25) is 5.91 Å². The molecule has 2 aliphatic heterocycles. The Balaban J connectivity index is 1.63. The maximum absolute atomic E-state index is 12.9. The molecule has 0 aliphatic carbocycles. The third-order valence-electron chi connectivity index (χ3n) is 5.35. The molecule has 0 spiro atoms. The number of benzene rings is 2. The molecule has 0 saturated carbocycles. The van der Waals surface area contributed by atoms with Crippen LogP contribution in [0.4, 0.5) is 10.5 Å². The van der Waals surface area contributed by atoms with Crippen molar-refractivity contribution in [1.82, 2.24) is 10.2 Å². The van der Waals surface area contributed by atoms with Crippen LogP contribution in [-0.4, -0.2) is 36.0 Å². The maximum Gasteiger partial charge on any atom is 0.338 e. The monoisotopic (exact) mass is 405 g/mol. The molecule has 1 unspecified atom stereocenters. The average Bonchev–Trinajstić information content (AvgIpc) is 3.07. The maximum atomic E-state index is 12.9. The van der Waals surface area contributed by atoms with E-state index in [4.69, 9.17) is 4.74 Å². The summed E-state index contributed by atoms with van der Waals surface area (Å²) in [5.74, 6) is -0.827. The van der Waals surface area contributed by atoms with Gasteiger partial charge in [0.05, 0.1) is 17.3 Å². The zero-order valence-corrected chi connectivity index (χ0v) is 17.1. The van der Waals surface area contributed by atoms with Gasteiger partial charge in [0.1, 0.15) is 13.2 Å². The number of hydrogen-bond donors (Lipinski definition) is 2. The summed E-state index contributed by atoms with van der Waals surface area (Å²) in [6.45, 7) is 5.58. The van der Waals surface area contributed by atoms with Gasteiger partial charge in [-0.1, -0.05) is 35.9 Å². The molecular weight excluding hydrogens is 382 g/mol. The molecular formula is C23H23N3O4. The van der Waals surface area contributed by atoms with E-state index in [9.17, 15) is 14.4 Å². The summed E-state index contributed by atoms with van der Waals surface area (Å²) in [5.41, 5.74) is 5.32. The van der Waals surface area contributed by atoms with Crippen molar-refractivity contribution in [2.75, 3.05) is 18.5 Å². The number of anilines is 1. The Kier molecular flexibility index (Phi) is 5.03. The van der Waals surface area contributed by atoms with Gasteiger partial charge in [-0.2, -0.15) is 0 Å². The van der Waals surface area contributed by atoms with Gasteiger partial charge in [-0.25, -0.2) is 9.59 Å². The first-order valence-electron chi connectivity index (χ1n) is 9.75. The second-order valence-corrected chi connectivity index (χ2v) is 7.68. The number of rotatable bonds is 4. The van der Waals surface area contributed by atoms with E-state index >= 15 is 0 Å². The number of nitrogens with one attached hydrogen (secondary N) is 2. The van der Waals surface area contributed by atoms with Crippen LogP contribution < -0.4 is 10.6 Å². The molecule has 0 fully saturated rings. The van der Waals surface area contributed by atoms with Crippen molar-refractivity contribution < 1.29 is 19.1 Å². The van der Waals surface area contributed by atoms with E-state index in [0.717, 1.165) is 22.3 Å². The highest BCUT2D eigenvalue weighted by Gasteiger charge is 2.43. The smallest absolute Gasteiger partial charge is 0.338 e. The summed E-state index contributed by atoms with van der Waals surface area (Å²) in [6, 6.07) is 12.3. The van der Waals surface area contributed by atoms with E-state index in [1.165, 1.54) is 4.90 Å². The number of carbonyl (C=O) groups excluding carboxylic acids is 3.